The molecule has 0 aliphatic carbocycles. The summed E-state index contributed by atoms with van der Waals surface area (Å²) in [6, 6.07) is 1.31. The molecule has 3 nitrogen and oxygen atoms in total. The lowest BCUT2D eigenvalue weighted by molar-refractivity contribution is -0.167. The van der Waals surface area contributed by atoms with Crippen molar-refractivity contribution in [1.82, 2.24) is 4.90 Å². The lowest BCUT2D eigenvalue weighted by Crippen LogP contribution is -2.46. The fourth-order valence-electron chi connectivity index (χ4n) is 1.67. The molecule has 2 atom stereocenters. The first-order valence-corrected chi connectivity index (χ1v) is 5.27. The topological polar surface area (TPSA) is 36.3 Å². The van der Waals surface area contributed by atoms with Gasteiger partial charge >= 0.3 is 6.18 Å². The molecule has 1 rings (SSSR count). The molecule has 1 heterocycles. The summed E-state index contributed by atoms with van der Waals surface area (Å²) in [5.41, 5.74) is 0. The Morgan fingerprint density at radius 2 is 2.25 bits per heavy atom. The molecule has 6 heteroatoms. The van der Waals surface area contributed by atoms with E-state index in [4.69, 9.17) is 10.00 Å². The molecule has 92 valence electrons. The second-order valence-electron chi connectivity index (χ2n) is 3.88. The van der Waals surface area contributed by atoms with Crippen molar-refractivity contribution in [3.05, 3.63) is 0 Å². The summed E-state index contributed by atoms with van der Waals surface area (Å²) in [7, 11) is 0. The summed E-state index contributed by atoms with van der Waals surface area (Å²) >= 11 is 0. The van der Waals surface area contributed by atoms with E-state index in [1.807, 2.05) is 6.92 Å². The van der Waals surface area contributed by atoms with E-state index in [0.717, 1.165) is 6.42 Å². The smallest absolute Gasteiger partial charge is 0.376 e. The first kappa shape index (κ1) is 13.3. The van der Waals surface area contributed by atoms with Crippen molar-refractivity contribution in [3.8, 4) is 6.07 Å². The molecule has 0 spiro atoms. The minimum Gasteiger partial charge on any atom is -0.376 e. The predicted octanol–water partition coefficient (Wildman–Crippen LogP) is 1.80. The number of ether oxygens (including phenoxy) is 1. The molecule has 2 unspecified atom stereocenters. The van der Waals surface area contributed by atoms with Gasteiger partial charge in [0.1, 0.15) is 0 Å². The van der Waals surface area contributed by atoms with E-state index in [1.165, 1.54) is 6.07 Å². The molecule has 0 saturated carbocycles. The zero-order valence-corrected chi connectivity index (χ0v) is 9.13. The van der Waals surface area contributed by atoms with Crippen molar-refractivity contribution in [3.63, 3.8) is 0 Å². The van der Waals surface area contributed by atoms with Gasteiger partial charge in [-0.2, -0.15) is 18.4 Å². The minimum absolute atomic E-state index is 0.0127. The lowest BCUT2D eigenvalue weighted by Gasteiger charge is -2.33. The molecule has 0 amide bonds. The predicted molar refractivity (Wildman–Crippen MR) is 51.6 cm³/mol. The first-order valence-electron chi connectivity index (χ1n) is 5.27. The van der Waals surface area contributed by atoms with E-state index in [-0.39, 0.29) is 12.6 Å². The van der Waals surface area contributed by atoms with Gasteiger partial charge in [-0.25, -0.2) is 0 Å². The van der Waals surface area contributed by atoms with Gasteiger partial charge < -0.3 is 4.74 Å². The average molecular weight is 236 g/mol. The fourth-order valence-corrected chi connectivity index (χ4v) is 1.67. The third-order valence-corrected chi connectivity index (χ3v) is 2.67. The monoisotopic (exact) mass is 236 g/mol. The van der Waals surface area contributed by atoms with Crippen LogP contribution in [0.25, 0.3) is 0 Å². The molecule has 0 bridgehead atoms. The zero-order valence-electron chi connectivity index (χ0n) is 9.13. The lowest BCUT2D eigenvalue weighted by atomic mass is 10.1. The quantitative estimate of drug-likeness (QED) is 0.749. The zero-order chi connectivity index (χ0) is 12.2. The van der Waals surface area contributed by atoms with Gasteiger partial charge in [-0.3, -0.25) is 4.90 Å². The largest absolute Gasteiger partial charge is 0.405 e. The Morgan fingerprint density at radius 3 is 2.75 bits per heavy atom. The highest BCUT2D eigenvalue weighted by molar-refractivity contribution is 4.91. The van der Waals surface area contributed by atoms with E-state index < -0.39 is 12.1 Å². The summed E-state index contributed by atoms with van der Waals surface area (Å²) in [5.74, 6) is -1.90. The van der Waals surface area contributed by atoms with Crippen molar-refractivity contribution in [2.45, 2.75) is 25.6 Å². The third-order valence-electron chi connectivity index (χ3n) is 2.67. The normalized spacial score (nSPS) is 25.1. The van der Waals surface area contributed by atoms with Crippen LogP contribution in [-0.2, 0) is 4.74 Å². The van der Waals surface area contributed by atoms with Crippen molar-refractivity contribution in [1.29, 1.82) is 5.26 Å². The Bertz CT molecular complexity index is 262. The number of halogens is 3. The molecule has 1 aliphatic rings. The maximum atomic E-state index is 12.4. The average Bonchev–Trinajstić information content (AvgIpc) is 2.24. The highest BCUT2D eigenvalue weighted by Gasteiger charge is 2.41. The minimum atomic E-state index is -4.44. The number of alkyl halides is 3. The van der Waals surface area contributed by atoms with E-state index in [2.05, 4.69) is 0 Å². The second kappa shape index (κ2) is 5.51. The fraction of sp³-hybridized carbons (Fsp3) is 0.900. The Balaban J connectivity index is 2.50. The highest BCUT2D eigenvalue weighted by Crippen LogP contribution is 2.26. The number of rotatable bonds is 3. The molecule has 0 aromatic heterocycles. The van der Waals surface area contributed by atoms with Gasteiger partial charge in [0.25, 0.3) is 0 Å². The van der Waals surface area contributed by atoms with Crippen LogP contribution in [0.2, 0.25) is 0 Å². The van der Waals surface area contributed by atoms with Gasteiger partial charge in [-0.1, -0.05) is 6.92 Å². The van der Waals surface area contributed by atoms with Gasteiger partial charge in [0.05, 0.1) is 18.8 Å². The van der Waals surface area contributed by atoms with E-state index in [0.29, 0.717) is 19.7 Å². The van der Waals surface area contributed by atoms with E-state index >= 15 is 0 Å². The van der Waals surface area contributed by atoms with Crippen LogP contribution in [-0.4, -0.2) is 43.4 Å². The van der Waals surface area contributed by atoms with Crippen LogP contribution in [0, 0.1) is 17.2 Å². The van der Waals surface area contributed by atoms with Crippen molar-refractivity contribution in [2.24, 2.45) is 5.92 Å². The SMILES string of the molecule is CCC1CN(CC(C#N)C(F)(F)F)CCO1. The van der Waals surface area contributed by atoms with Crippen LogP contribution < -0.4 is 0 Å². The van der Waals surface area contributed by atoms with Crippen LogP contribution in [0.5, 0.6) is 0 Å². The molecule has 0 aromatic rings. The number of nitriles is 1. The Labute approximate surface area is 92.8 Å². The standard InChI is InChI=1S/C10H15F3N2O/c1-2-9-7-15(3-4-16-9)6-8(5-14)10(11,12)13/h8-9H,2-4,6-7H2,1H3. The Kier molecular flexibility index (Phi) is 4.56. The van der Waals surface area contributed by atoms with Gasteiger partial charge in [-0.15, -0.1) is 0 Å². The van der Waals surface area contributed by atoms with Gasteiger partial charge in [0.15, 0.2) is 5.92 Å². The highest BCUT2D eigenvalue weighted by atomic mass is 19.4. The van der Waals surface area contributed by atoms with E-state index in [9.17, 15) is 13.2 Å². The first-order chi connectivity index (χ1) is 7.47. The number of morpholine rings is 1. The summed E-state index contributed by atoms with van der Waals surface area (Å²) in [6.45, 7) is 3.06. The van der Waals surface area contributed by atoms with Crippen LogP contribution in [0.1, 0.15) is 13.3 Å². The van der Waals surface area contributed by atoms with Crippen LogP contribution in [0.4, 0.5) is 13.2 Å². The molecule has 0 radical (unpaired) electrons. The van der Waals surface area contributed by atoms with Gasteiger partial charge in [0.2, 0.25) is 0 Å². The molecule has 1 aliphatic heterocycles. The molecule has 0 N–H and O–H groups in total. The van der Waals surface area contributed by atoms with Crippen molar-refractivity contribution in [2.75, 3.05) is 26.2 Å². The van der Waals surface area contributed by atoms with Crippen LogP contribution in [0.3, 0.4) is 0 Å². The number of hydrogen-bond donors (Lipinski definition) is 0. The molecule has 1 fully saturated rings. The van der Waals surface area contributed by atoms with Gasteiger partial charge in [0, 0.05) is 19.6 Å². The maximum Gasteiger partial charge on any atom is 0.405 e. The molecular weight excluding hydrogens is 221 g/mol. The molecule has 16 heavy (non-hydrogen) atoms. The van der Waals surface area contributed by atoms with E-state index in [1.54, 1.807) is 4.90 Å². The molecular formula is C10H15F3N2O. The summed E-state index contributed by atoms with van der Waals surface area (Å²) in [6.07, 6.45) is -3.67. The Morgan fingerprint density at radius 1 is 1.56 bits per heavy atom. The summed E-state index contributed by atoms with van der Waals surface area (Å²) in [5, 5.41) is 8.49. The molecule has 0 aromatic carbocycles. The second-order valence-corrected chi connectivity index (χ2v) is 3.88. The summed E-state index contributed by atoms with van der Waals surface area (Å²) < 4.78 is 42.5. The number of hydrogen-bond acceptors (Lipinski definition) is 3. The van der Waals surface area contributed by atoms with Crippen LogP contribution in [0.15, 0.2) is 0 Å². The Hall–Kier alpha value is -0.800. The summed E-state index contributed by atoms with van der Waals surface area (Å²) in [4.78, 5) is 1.65. The van der Waals surface area contributed by atoms with Crippen molar-refractivity contribution >= 4 is 0 Å². The van der Waals surface area contributed by atoms with Crippen molar-refractivity contribution < 1.29 is 17.9 Å². The molecule has 1 saturated heterocycles. The third kappa shape index (κ3) is 3.65. The number of nitrogens with zero attached hydrogens (tertiary/aromatic N) is 2. The van der Waals surface area contributed by atoms with Crippen LogP contribution >= 0.6 is 0 Å². The van der Waals surface area contributed by atoms with Gasteiger partial charge in [-0.05, 0) is 6.42 Å². The maximum absolute atomic E-state index is 12.4.